The summed E-state index contributed by atoms with van der Waals surface area (Å²) in [6.45, 7) is 27.3. The number of aromatic nitrogens is 2. The van der Waals surface area contributed by atoms with E-state index in [4.69, 9.17) is 27.7 Å². The number of hydrogen-bond acceptors (Lipinski definition) is 7. The van der Waals surface area contributed by atoms with E-state index in [1.165, 1.54) is 0 Å². The van der Waals surface area contributed by atoms with E-state index in [-0.39, 0.29) is 42.5 Å². The highest BCUT2D eigenvalue weighted by molar-refractivity contribution is 6.70. The fourth-order valence-corrected chi connectivity index (χ4v) is 9.86. The van der Waals surface area contributed by atoms with E-state index < -0.39 is 25.0 Å². The highest BCUT2D eigenvalue weighted by Gasteiger charge is 2.51. The van der Waals surface area contributed by atoms with Gasteiger partial charge in [0, 0.05) is 23.5 Å². The minimum atomic E-state index is -1.96. The Labute approximate surface area is 274 Å². The Kier molecular flexibility index (Phi) is 11.5. The first-order valence-electron chi connectivity index (χ1n) is 16.6. The third-order valence-electron chi connectivity index (χ3n) is 8.30. The highest BCUT2D eigenvalue weighted by Crippen LogP contribution is 2.41. The molecule has 252 valence electrons. The van der Waals surface area contributed by atoms with Crippen LogP contribution in [-0.4, -0.2) is 83.1 Å². The Balaban J connectivity index is 1.52. The fraction of sp³-hybridized carbons (Fsp3) is 0.676. The Morgan fingerprint density at radius 2 is 1.58 bits per heavy atom. The Bertz CT molecular complexity index is 1280. The number of hydrogen-bond donors (Lipinski definition) is 1. The van der Waals surface area contributed by atoms with Crippen molar-refractivity contribution in [3.63, 3.8) is 0 Å². The van der Waals surface area contributed by atoms with Crippen molar-refractivity contribution in [2.75, 3.05) is 6.61 Å². The molecule has 0 aliphatic carbocycles. The molecule has 3 heterocycles. The molecule has 0 spiro atoms. The molecule has 45 heavy (non-hydrogen) atoms. The van der Waals surface area contributed by atoms with Crippen molar-refractivity contribution in [1.29, 1.82) is 0 Å². The SMILES string of the molecule is C/C(=C\c1nc(-c2ccccc2)cn1O)C[C@@H]1OC[C@H](C[C@@H]2O[C@H]2[C@@H](C)[C@H](C)O[Si](C)(C)C)[C@@H](O[Si](C)(C)C)[C@H]1O[Si](C)(C)C. The summed E-state index contributed by atoms with van der Waals surface area (Å²) in [7, 11) is -5.51. The van der Waals surface area contributed by atoms with Crippen molar-refractivity contribution in [3.05, 3.63) is 47.9 Å². The smallest absolute Gasteiger partial charge is 0.184 e. The van der Waals surface area contributed by atoms with E-state index in [1.54, 1.807) is 6.20 Å². The summed E-state index contributed by atoms with van der Waals surface area (Å²) in [5.41, 5.74) is 2.75. The van der Waals surface area contributed by atoms with Gasteiger partial charge in [0.25, 0.3) is 0 Å². The first-order chi connectivity index (χ1) is 20.8. The summed E-state index contributed by atoms with van der Waals surface area (Å²) in [4.78, 5) is 4.69. The van der Waals surface area contributed by atoms with Crippen LogP contribution in [0.4, 0.5) is 0 Å². The van der Waals surface area contributed by atoms with Gasteiger partial charge in [-0.15, -0.1) is 0 Å². The van der Waals surface area contributed by atoms with Crippen molar-refractivity contribution >= 4 is 31.0 Å². The molecule has 2 aliphatic rings. The van der Waals surface area contributed by atoms with Crippen LogP contribution in [0.5, 0.6) is 0 Å². The first kappa shape index (κ1) is 36.3. The van der Waals surface area contributed by atoms with Gasteiger partial charge in [-0.05, 0) is 91.7 Å². The normalized spacial score (nSPS) is 27.8. The van der Waals surface area contributed by atoms with Gasteiger partial charge < -0.3 is 28.0 Å². The lowest BCUT2D eigenvalue weighted by atomic mass is 9.85. The Morgan fingerprint density at radius 1 is 0.956 bits per heavy atom. The lowest BCUT2D eigenvalue weighted by Crippen LogP contribution is -2.58. The topological polar surface area (TPSA) is 87.5 Å². The van der Waals surface area contributed by atoms with Crippen LogP contribution >= 0.6 is 0 Å². The maximum atomic E-state index is 10.6. The molecule has 1 N–H and O–H groups in total. The fourth-order valence-electron chi connectivity index (χ4n) is 6.28. The Morgan fingerprint density at radius 3 is 2.18 bits per heavy atom. The Hall–Kier alpha value is -1.58. The van der Waals surface area contributed by atoms with E-state index in [0.29, 0.717) is 24.8 Å². The van der Waals surface area contributed by atoms with Gasteiger partial charge >= 0.3 is 0 Å². The average molecular weight is 675 g/mol. The van der Waals surface area contributed by atoms with Crippen LogP contribution in [0, 0.1) is 11.8 Å². The van der Waals surface area contributed by atoms with Gasteiger partial charge in [0.05, 0.1) is 49.0 Å². The molecule has 0 radical (unpaired) electrons. The van der Waals surface area contributed by atoms with Crippen LogP contribution in [0.2, 0.25) is 58.9 Å². The number of epoxide rings is 1. The molecule has 8 atom stereocenters. The van der Waals surface area contributed by atoms with Gasteiger partial charge in [0.15, 0.2) is 30.8 Å². The van der Waals surface area contributed by atoms with Crippen molar-refractivity contribution in [3.8, 4) is 11.3 Å². The molecule has 2 saturated heterocycles. The standard InChI is InChI=1S/C34H58N2O6Si3/c1-23(19-31-35-28(21-36(31)37)26-16-14-13-15-17-26)18-29-34(42-45(10,11)12)33(41-44(7,8)9)27(22-38-29)20-30-32(39-30)24(2)25(3)40-43(4,5)6/h13-17,19,21,24-25,27,29-30,32-34,37H,18,20,22H2,1-12H3/b23-19+/t24-,25-,27-,29-,30-,32-,33+,34-/m0/s1. The summed E-state index contributed by atoms with van der Waals surface area (Å²) >= 11 is 0. The third-order valence-corrected chi connectivity index (χ3v) is 11.3. The second-order valence-electron chi connectivity index (χ2n) is 16.1. The molecule has 0 unspecified atom stereocenters. The maximum absolute atomic E-state index is 10.6. The van der Waals surface area contributed by atoms with E-state index in [2.05, 4.69) is 79.7 Å². The van der Waals surface area contributed by atoms with Gasteiger partial charge in [0.1, 0.15) is 0 Å². The highest BCUT2D eigenvalue weighted by atomic mass is 28.4. The van der Waals surface area contributed by atoms with Gasteiger partial charge in [0.2, 0.25) is 0 Å². The van der Waals surface area contributed by atoms with E-state index >= 15 is 0 Å². The van der Waals surface area contributed by atoms with Crippen molar-refractivity contribution in [2.24, 2.45) is 11.8 Å². The molecule has 2 aromatic rings. The summed E-state index contributed by atoms with van der Waals surface area (Å²) in [5.74, 6) is 1.01. The van der Waals surface area contributed by atoms with Crippen LogP contribution in [0.1, 0.15) is 39.4 Å². The van der Waals surface area contributed by atoms with Crippen molar-refractivity contribution in [1.82, 2.24) is 9.71 Å². The lowest BCUT2D eigenvalue weighted by Gasteiger charge is -2.47. The number of benzene rings is 1. The van der Waals surface area contributed by atoms with Crippen molar-refractivity contribution in [2.45, 2.75) is 129 Å². The maximum Gasteiger partial charge on any atom is 0.184 e. The first-order valence-corrected chi connectivity index (χ1v) is 26.8. The number of rotatable bonds is 14. The molecular weight excluding hydrogens is 617 g/mol. The third kappa shape index (κ3) is 10.7. The van der Waals surface area contributed by atoms with Crippen LogP contribution < -0.4 is 0 Å². The second-order valence-corrected chi connectivity index (χ2v) is 29.5. The van der Waals surface area contributed by atoms with Gasteiger partial charge in [-0.25, -0.2) is 4.98 Å². The monoisotopic (exact) mass is 674 g/mol. The molecule has 0 saturated carbocycles. The molecule has 11 heteroatoms. The van der Waals surface area contributed by atoms with E-state index in [9.17, 15) is 5.21 Å². The zero-order chi connectivity index (χ0) is 33.3. The predicted octanol–water partition coefficient (Wildman–Crippen LogP) is 8.07. The van der Waals surface area contributed by atoms with Crippen LogP contribution in [0.3, 0.4) is 0 Å². The summed E-state index contributed by atoms with van der Waals surface area (Å²) < 4.78 is 34.4. The molecular formula is C34H58N2O6Si3. The van der Waals surface area contributed by atoms with Crippen LogP contribution in [-0.2, 0) is 22.8 Å². The predicted molar refractivity (Wildman–Crippen MR) is 189 cm³/mol. The quantitative estimate of drug-likeness (QED) is 0.123. The van der Waals surface area contributed by atoms with E-state index in [0.717, 1.165) is 28.0 Å². The van der Waals surface area contributed by atoms with Crippen LogP contribution in [0.25, 0.3) is 17.3 Å². The average Bonchev–Trinajstić information content (AvgIpc) is 3.58. The van der Waals surface area contributed by atoms with E-state index in [1.807, 2.05) is 36.4 Å². The number of ether oxygens (including phenoxy) is 2. The molecule has 1 aromatic heterocycles. The van der Waals surface area contributed by atoms with Gasteiger partial charge in [-0.2, -0.15) is 4.73 Å². The summed E-state index contributed by atoms with van der Waals surface area (Å²) in [6.07, 6.45) is 5.26. The van der Waals surface area contributed by atoms with Gasteiger partial charge in [-0.1, -0.05) is 42.8 Å². The summed E-state index contributed by atoms with van der Waals surface area (Å²) in [5, 5.41) is 10.6. The zero-order valence-electron chi connectivity index (χ0n) is 29.7. The van der Waals surface area contributed by atoms with Gasteiger partial charge in [-0.3, -0.25) is 0 Å². The van der Waals surface area contributed by atoms with Crippen LogP contribution in [0.15, 0.2) is 42.1 Å². The molecule has 2 aliphatic heterocycles. The number of imidazole rings is 1. The lowest BCUT2D eigenvalue weighted by molar-refractivity contribution is -0.152. The number of nitrogens with zero attached hydrogens (tertiary/aromatic N) is 2. The summed E-state index contributed by atoms with van der Waals surface area (Å²) in [6, 6.07) is 9.89. The molecule has 8 nitrogen and oxygen atoms in total. The second kappa shape index (κ2) is 14.3. The molecule has 0 amide bonds. The largest absolute Gasteiger partial charge is 0.427 e. The van der Waals surface area contributed by atoms with Crippen molar-refractivity contribution < 1.29 is 28.0 Å². The molecule has 1 aromatic carbocycles. The molecule has 4 rings (SSSR count). The molecule has 2 fully saturated rings. The minimum absolute atomic E-state index is 0.0738. The molecule has 0 bridgehead atoms. The zero-order valence-corrected chi connectivity index (χ0v) is 32.7. The minimum Gasteiger partial charge on any atom is -0.427 e.